The van der Waals surface area contributed by atoms with E-state index in [2.05, 4.69) is 38.1 Å². The third-order valence-corrected chi connectivity index (χ3v) is 2.66. The molecule has 0 aliphatic carbocycles. The van der Waals surface area contributed by atoms with E-state index in [0.29, 0.717) is 5.15 Å². The molecule has 74 valence electrons. The van der Waals surface area contributed by atoms with Crippen molar-refractivity contribution in [2.75, 3.05) is 0 Å². The van der Waals surface area contributed by atoms with E-state index in [4.69, 9.17) is 11.6 Å². The number of hydrogen-bond donors (Lipinski definition) is 1. The first kappa shape index (κ1) is 9.73. The van der Waals surface area contributed by atoms with E-state index < -0.39 is 0 Å². The molecule has 0 amide bonds. The van der Waals surface area contributed by atoms with Gasteiger partial charge in [0, 0.05) is 6.20 Å². The number of hydrogen-bond acceptors (Lipinski definition) is 2. The second kappa shape index (κ2) is 3.74. The molecule has 1 N–H and O–H groups in total. The summed E-state index contributed by atoms with van der Waals surface area (Å²) in [6.07, 6.45) is 2.67. The van der Waals surface area contributed by atoms with Crippen LogP contribution < -0.4 is 0 Å². The summed E-state index contributed by atoms with van der Waals surface area (Å²) in [5.41, 5.74) is 1.94. The monoisotopic (exact) mass is 274 g/mol. The Morgan fingerprint density at radius 2 is 2.43 bits per heavy atom. The molecule has 14 heavy (non-hydrogen) atoms. The van der Waals surface area contributed by atoms with Crippen molar-refractivity contribution in [3.05, 3.63) is 27.7 Å². The van der Waals surface area contributed by atoms with Crippen molar-refractivity contribution < 1.29 is 0 Å². The number of nitrogens with zero attached hydrogens (tertiary/aromatic N) is 3. The number of H-pyrrole nitrogens is 1. The smallest absolute Gasteiger partial charge is 0.153 e. The average Bonchev–Trinajstić information content (AvgIpc) is 2.71. The quantitative estimate of drug-likeness (QED) is 0.915. The molecule has 0 saturated heterocycles. The van der Waals surface area contributed by atoms with Gasteiger partial charge in [-0.25, -0.2) is 4.68 Å². The third kappa shape index (κ3) is 1.57. The Kier molecular flexibility index (Phi) is 2.60. The molecule has 2 aromatic rings. The lowest BCUT2D eigenvalue weighted by Gasteiger charge is -2.00. The minimum absolute atomic E-state index is 0.472. The van der Waals surface area contributed by atoms with Crippen LogP contribution in [0.15, 0.2) is 16.9 Å². The van der Waals surface area contributed by atoms with Gasteiger partial charge in [-0.2, -0.15) is 10.2 Å². The summed E-state index contributed by atoms with van der Waals surface area (Å²) >= 11 is 9.10. The lowest BCUT2D eigenvalue weighted by molar-refractivity contribution is 0.857. The molecule has 0 aliphatic heterocycles. The molecule has 2 heterocycles. The first-order valence-electron chi connectivity index (χ1n) is 4.16. The number of aromatic amines is 1. The normalized spacial score (nSPS) is 10.8. The molecule has 0 radical (unpaired) electrons. The molecule has 2 rings (SSSR count). The van der Waals surface area contributed by atoms with Gasteiger partial charge in [-0.15, -0.1) is 0 Å². The number of nitrogens with one attached hydrogen (secondary N) is 1. The van der Waals surface area contributed by atoms with E-state index in [1.807, 2.05) is 0 Å². The Labute approximate surface area is 94.4 Å². The van der Waals surface area contributed by atoms with Gasteiger partial charge in [0.15, 0.2) is 9.76 Å². The van der Waals surface area contributed by atoms with Crippen molar-refractivity contribution in [3.63, 3.8) is 0 Å². The summed E-state index contributed by atoms with van der Waals surface area (Å²) in [7, 11) is 0. The maximum absolute atomic E-state index is 5.75. The predicted molar refractivity (Wildman–Crippen MR) is 57.8 cm³/mol. The van der Waals surface area contributed by atoms with Gasteiger partial charge < -0.3 is 0 Å². The fourth-order valence-corrected chi connectivity index (χ4v) is 1.90. The molecule has 0 unspecified atom stereocenters. The van der Waals surface area contributed by atoms with Crippen LogP contribution in [0.5, 0.6) is 0 Å². The van der Waals surface area contributed by atoms with Crippen LogP contribution in [-0.2, 0) is 6.42 Å². The molecular formula is C8H8BrClN4. The molecule has 0 bridgehead atoms. The highest BCUT2D eigenvalue weighted by molar-refractivity contribution is 9.10. The minimum atomic E-state index is 0.472. The van der Waals surface area contributed by atoms with Crippen molar-refractivity contribution in [2.24, 2.45) is 0 Å². The zero-order valence-electron chi connectivity index (χ0n) is 7.46. The van der Waals surface area contributed by atoms with Crippen LogP contribution in [0.1, 0.15) is 12.6 Å². The fraction of sp³-hybridized carbons (Fsp3) is 0.250. The van der Waals surface area contributed by atoms with Gasteiger partial charge in [-0.3, -0.25) is 5.10 Å². The topological polar surface area (TPSA) is 46.5 Å². The lowest BCUT2D eigenvalue weighted by atomic mass is 10.3. The Morgan fingerprint density at radius 3 is 3.00 bits per heavy atom. The molecule has 0 aromatic carbocycles. The molecule has 0 atom stereocenters. The van der Waals surface area contributed by atoms with Gasteiger partial charge in [0.25, 0.3) is 0 Å². The summed E-state index contributed by atoms with van der Waals surface area (Å²) in [6.45, 7) is 2.05. The van der Waals surface area contributed by atoms with E-state index in [1.54, 1.807) is 16.9 Å². The predicted octanol–water partition coefficient (Wildman–Crippen LogP) is 2.57. The van der Waals surface area contributed by atoms with Crippen molar-refractivity contribution in [3.8, 4) is 5.69 Å². The molecule has 2 aromatic heterocycles. The Bertz CT molecular complexity index is 448. The van der Waals surface area contributed by atoms with Gasteiger partial charge in [0.05, 0.1) is 5.69 Å². The standard InChI is InChI=1S/C8H8BrClN4/c1-2-5-7(8(9)12-11-5)14-4-3-6(10)13-14/h3-4H,2H2,1H3,(H,11,12). The number of halogens is 2. The largest absolute Gasteiger partial charge is 0.279 e. The second-order valence-electron chi connectivity index (χ2n) is 2.78. The highest BCUT2D eigenvalue weighted by atomic mass is 79.9. The number of aromatic nitrogens is 4. The number of rotatable bonds is 2. The summed E-state index contributed by atoms with van der Waals surface area (Å²) in [5, 5.41) is 11.6. The highest BCUT2D eigenvalue weighted by Gasteiger charge is 2.12. The molecular weight excluding hydrogens is 267 g/mol. The molecule has 0 aliphatic rings. The van der Waals surface area contributed by atoms with E-state index in [9.17, 15) is 0 Å². The van der Waals surface area contributed by atoms with E-state index >= 15 is 0 Å². The van der Waals surface area contributed by atoms with Crippen LogP contribution in [-0.4, -0.2) is 20.0 Å². The van der Waals surface area contributed by atoms with Crippen LogP contribution in [0.4, 0.5) is 0 Å². The van der Waals surface area contributed by atoms with E-state index in [0.717, 1.165) is 22.4 Å². The van der Waals surface area contributed by atoms with Gasteiger partial charge in [0.2, 0.25) is 0 Å². The van der Waals surface area contributed by atoms with Gasteiger partial charge in [-0.1, -0.05) is 18.5 Å². The van der Waals surface area contributed by atoms with Gasteiger partial charge in [-0.05, 0) is 28.4 Å². The van der Waals surface area contributed by atoms with Gasteiger partial charge in [0.1, 0.15) is 5.69 Å². The van der Waals surface area contributed by atoms with Crippen LogP contribution in [0, 0.1) is 0 Å². The number of aryl methyl sites for hydroxylation is 1. The maximum Gasteiger partial charge on any atom is 0.153 e. The molecule has 0 fully saturated rings. The molecule has 0 spiro atoms. The van der Waals surface area contributed by atoms with Crippen LogP contribution in [0.3, 0.4) is 0 Å². The summed E-state index contributed by atoms with van der Waals surface area (Å²) in [6, 6.07) is 1.74. The summed E-state index contributed by atoms with van der Waals surface area (Å²) in [5.74, 6) is 0. The van der Waals surface area contributed by atoms with Crippen LogP contribution in [0.2, 0.25) is 5.15 Å². The second-order valence-corrected chi connectivity index (χ2v) is 3.92. The highest BCUT2D eigenvalue weighted by Crippen LogP contribution is 2.22. The SMILES string of the molecule is CCc1[nH]nc(Br)c1-n1ccc(Cl)n1. The average molecular weight is 276 g/mol. The summed E-state index contributed by atoms with van der Waals surface area (Å²) in [4.78, 5) is 0. The summed E-state index contributed by atoms with van der Waals surface area (Å²) < 4.78 is 2.45. The van der Waals surface area contributed by atoms with Crippen molar-refractivity contribution in [1.82, 2.24) is 20.0 Å². The first-order valence-corrected chi connectivity index (χ1v) is 5.33. The van der Waals surface area contributed by atoms with Crippen molar-refractivity contribution >= 4 is 27.5 Å². The third-order valence-electron chi connectivity index (χ3n) is 1.91. The van der Waals surface area contributed by atoms with Crippen molar-refractivity contribution in [1.29, 1.82) is 0 Å². The van der Waals surface area contributed by atoms with E-state index in [1.165, 1.54) is 0 Å². The molecule has 6 heteroatoms. The Balaban J connectivity index is 2.54. The Hall–Kier alpha value is -0.810. The minimum Gasteiger partial charge on any atom is -0.279 e. The van der Waals surface area contributed by atoms with Crippen LogP contribution in [0.25, 0.3) is 5.69 Å². The zero-order chi connectivity index (χ0) is 10.1. The van der Waals surface area contributed by atoms with Gasteiger partial charge >= 0.3 is 0 Å². The molecule has 0 saturated carbocycles. The first-order chi connectivity index (χ1) is 6.72. The van der Waals surface area contributed by atoms with Crippen LogP contribution >= 0.6 is 27.5 Å². The van der Waals surface area contributed by atoms with E-state index in [-0.39, 0.29) is 0 Å². The van der Waals surface area contributed by atoms with Crippen molar-refractivity contribution in [2.45, 2.75) is 13.3 Å². The maximum atomic E-state index is 5.75. The fourth-order valence-electron chi connectivity index (χ4n) is 1.25. The Morgan fingerprint density at radius 1 is 1.64 bits per heavy atom. The zero-order valence-corrected chi connectivity index (χ0v) is 9.80. The lowest BCUT2D eigenvalue weighted by Crippen LogP contribution is -1.97. The molecule has 4 nitrogen and oxygen atoms in total.